The second-order valence-corrected chi connectivity index (χ2v) is 9.83. The van der Waals surface area contributed by atoms with E-state index >= 15 is 0 Å². The van der Waals surface area contributed by atoms with Gasteiger partial charge in [0.1, 0.15) is 35.3 Å². The summed E-state index contributed by atoms with van der Waals surface area (Å²) in [5, 5.41) is 19.3. The molecule has 3 aromatic rings. The van der Waals surface area contributed by atoms with Crippen LogP contribution in [0.4, 0.5) is 5.82 Å². The molecule has 0 fully saturated rings. The van der Waals surface area contributed by atoms with E-state index in [1.165, 1.54) is 6.92 Å². The van der Waals surface area contributed by atoms with E-state index in [2.05, 4.69) is 11.9 Å². The number of anilines is 1. The zero-order valence-corrected chi connectivity index (χ0v) is 23.4. The summed E-state index contributed by atoms with van der Waals surface area (Å²) in [6.45, 7) is 9.95. The molecule has 0 radical (unpaired) electrons. The summed E-state index contributed by atoms with van der Waals surface area (Å²) in [6, 6.07) is 5.58. The Hall–Kier alpha value is -2.75. The van der Waals surface area contributed by atoms with Crippen LogP contribution in [0.15, 0.2) is 18.2 Å². The maximum Gasteiger partial charge on any atom is 0.152 e. The van der Waals surface area contributed by atoms with Crippen molar-refractivity contribution in [3.63, 3.8) is 0 Å². The van der Waals surface area contributed by atoms with Gasteiger partial charge in [-0.1, -0.05) is 41.5 Å². The van der Waals surface area contributed by atoms with Crippen LogP contribution in [0.1, 0.15) is 73.6 Å². The van der Waals surface area contributed by atoms with E-state index in [1.54, 1.807) is 0 Å². The number of Topliss-reactive ketones (excluding diaryl/α,β-unsaturated/α-hetero) is 2. The van der Waals surface area contributed by atoms with E-state index in [9.17, 15) is 14.7 Å². The highest BCUT2D eigenvalue weighted by molar-refractivity contribution is 6.07. The van der Waals surface area contributed by atoms with Gasteiger partial charge in [0.25, 0.3) is 0 Å². The summed E-state index contributed by atoms with van der Waals surface area (Å²) < 4.78 is 7.50. The lowest BCUT2D eigenvalue weighted by atomic mass is 9.88. The number of hydrogen-bond donors (Lipinski definition) is 3. The topological polar surface area (TPSA) is 141 Å². The molecule has 0 bridgehead atoms. The molecule has 0 aliphatic rings. The first kappa shape index (κ1) is 35.2. The fraction of sp³-hybridized carbons (Fsp3) is 0.571. The molecular weight excluding hydrogens is 508 g/mol. The number of fused-ring (bicyclic) bond motifs is 3. The van der Waals surface area contributed by atoms with Crippen molar-refractivity contribution in [3.8, 4) is 5.75 Å². The van der Waals surface area contributed by atoms with Crippen molar-refractivity contribution in [1.29, 1.82) is 0 Å². The van der Waals surface area contributed by atoms with Crippen LogP contribution >= 0.6 is 12.4 Å². The highest BCUT2D eigenvalue weighted by Crippen LogP contribution is 2.31. The Morgan fingerprint density at radius 1 is 1.11 bits per heavy atom. The van der Waals surface area contributed by atoms with Gasteiger partial charge >= 0.3 is 0 Å². The highest BCUT2D eigenvalue weighted by atomic mass is 35.5. The third-order valence-electron chi connectivity index (χ3n) is 5.73. The number of nitrogen functional groups attached to an aromatic ring is 1. The number of aryl methyl sites for hydroxylation is 1. The van der Waals surface area contributed by atoms with Gasteiger partial charge in [-0.2, -0.15) is 0 Å². The average molecular weight is 553 g/mol. The summed E-state index contributed by atoms with van der Waals surface area (Å²) in [6.07, 6.45) is 3.71. The number of aromatic nitrogens is 3. The number of rotatable bonds is 11. The number of aliphatic hydroxyl groups is 2. The molecule has 0 aliphatic heterocycles. The number of unbranched alkanes of at least 4 members (excludes halogenated alkanes) is 1. The van der Waals surface area contributed by atoms with Crippen LogP contribution in [-0.2, 0) is 22.6 Å². The van der Waals surface area contributed by atoms with E-state index in [0.717, 1.165) is 36.0 Å². The molecule has 38 heavy (non-hydrogen) atoms. The molecule has 0 saturated carbocycles. The van der Waals surface area contributed by atoms with Gasteiger partial charge in [-0.15, -0.1) is 12.4 Å². The van der Waals surface area contributed by atoms with Gasteiger partial charge in [0, 0.05) is 42.7 Å². The predicted molar refractivity (Wildman–Crippen MR) is 156 cm³/mol. The summed E-state index contributed by atoms with van der Waals surface area (Å²) in [7, 11) is 0. The van der Waals surface area contributed by atoms with Gasteiger partial charge in [0.2, 0.25) is 0 Å². The van der Waals surface area contributed by atoms with Crippen molar-refractivity contribution in [1.82, 2.24) is 14.5 Å². The van der Waals surface area contributed by atoms with E-state index < -0.39 is 0 Å². The van der Waals surface area contributed by atoms with Crippen molar-refractivity contribution in [2.24, 2.45) is 5.41 Å². The molecule has 1 aromatic carbocycles. The molecule has 10 heteroatoms. The Balaban J connectivity index is 0.000000905. The van der Waals surface area contributed by atoms with Gasteiger partial charge in [0.05, 0.1) is 24.2 Å². The third kappa shape index (κ3) is 9.53. The second-order valence-electron chi connectivity index (χ2n) is 9.83. The fourth-order valence-corrected chi connectivity index (χ4v) is 3.72. The van der Waals surface area contributed by atoms with Crippen LogP contribution in [0, 0.1) is 5.41 Å². The molecule has 0 atom stereocenters. The standard InChI is InChI=1S/C18H24N4O3.C9H16O2.CH4.ClH/c1-2-3-4-15-21-16-17(22(15)7-8-23)13-6-5-12(25-10-9-24)11-14(13)20-18(16)19;1-7(10)5-6-8(11)9(2,3)4;;/h5-6,11,23-24H,2-4,7-10H2,1H3,(H2,19,20);5-6H2,1-4H3;1H4;1H. The minimum absolute atomic E-state index is 0. The number of aliphatic hydroxyl groups excluding tert-OH is 2. The highest BCUT2D eigenvalue weighted by Gasteiger charge is 2.20. The van der Waals surface area contributed by atoms with Crippen LogP contribution in [0.3, 0.4) is 0 Å². The fourth-order valence-electron chi connectivity index (χ4n) is 3.72. The predicted octanol–water partition coefficient (Wildman–Crippen LogP) is 4.90. The van der Waals surface area contributed by atoms with Crippen LogP contribution < -0.4 is 10.5 Å². The Labute approximate surface area is 232 Å². The lowest BCUT2D eigenvalue weighted by molar-refractivity contribution is -0.128. The van der Waals surface area contributed by atoms with Gasteiger partial charge in [-0.05, 0) is 25.5 Å². The first-order chi connectivity index (χ1) is 17.0. The number of ketones is 2. The first-order valence-corrected chi connectivity index (χ1v) is 12.5. The molecule has 0 unspecified atom stereocenters. The maximum absolute atomic E-state index is 11.2. The number of benzene rings is 1. The molecule has 2 heterocycles. The van der Waals surface area contributed by atoms with Gasteiger partial charge in [-0.3, -0.25) is 4.79 Å². The van der Waals surface area contributed by atoms with E-state index in [-0.39, 0.29) is 56.6 Å². The molecule has 3 rings (SSSR count). The number of halogens is 1. The molecular formula is C28H45ClN4O5. The Kier molecular flexibility index (Phi) is 15.1. The minimum atomic E-state index is -0.296. The van der Waals surface area contributed by atoms with E-state index in [0.29, 0.717) is 42.0 Å². The quantitative estimate of drug-likeness (QED) is 0.305. The number of nitrogens with two attached hydrogens (primary N) is 1. The Morgan fingerprint density at radius 3 is 2.34 bits per heavy atom. The van der Waals surface area contributed by atoms with Crippen LogP contribution in [-0.4, -0.2) is 56.1 Å². The number of pyridine rings is 1. The van der Waals surface area contributed by atoms with Gasteiger partial charge < -0.3 is 30.0 Å². The first-order valence-electron chi connectivity index (χ1n) is 12.5. The van der Waals surface area contributed by atoms with Crippen molar-refractivity contribution in [3.05, 3.63) is 24.0 Å². The number of imidazole rings is 1. The normalized spacial score (nSPS) is 10.8. The zero-order valence-electron chi connectivity index (χ0n) is 22.5. The van der Waals surface area contributed by atoms with Crippen molar-refractivity contribution >= 4 is 51.7 Å². The zero-order chi connectivity index (χ0) is 26.9. The lowest BCUT2D eigenvalue weighted by Crippen LogP contribution is -2.20. The maximum atomic E-state index is 11.2. The molecule has 2 aromatic heterocycles. The Bertz CT molecular complexity index is 1190. The number of hydrogen-bond acceptors (Lipinski definition) is 8. The van der Waals surface area contributed by atoms with Crippen LogP contribution in [0.25, 0.3) is 21.9 Å². The molecule has 214 valence electrons. The largest absolute Gasteiger partial charge is 0.491 e. The third-order valence-corrected chi connectivity index (χ3v) is 5.73. The average Bonchev–Trinajstić information content (AvgIpc) is 3.18. The van der Waals surface area contributed by atoms with Gasteiger partial charge in [-0.25, -0.2) is 9.97 Å². The molecule has 9 nitrogen and oxygen atoms in total. The molecule has 4 N–H and O–H groups in total. The number of carbonyl (C=O) groups is 2. The van der Waals surface area contributed by atoms with Crippen molar-refractivity contribution in [2.45, 2.75) is 80.7 Å². The smallest absolute Gasteiger partial charge is 0.152 e. The van der Waals surface area contributed by atoms with Gasteiger partial charge in [0.15, 0.2) is 5.82 Å². The van der Waals surface area contributed by atoms with Crippen molar-refractivity contribution < 1.29 is 24.5 Å². The molecule has 0 saturated heterocycles. The molecule has 0 aliphatic carbocycles. The van der Waals surface area contributed by atoms with Crippen LogP contribution in [0.2, 0.25) is 0 Å². The van der Waals surface area contributed by atoms with E-state index in [1.807, 2.05) is 43.5 Å². The number of ether oxygens (including phenoxy) is 1. The van der Waals surface area contributed by atoms with Crippen molar-refractivity contribution in [2.75, 3.05) is 25.6 Å². The summed E-state index contributed by atoms with van der Waals surface area (Å²) in [5.41, 5.74) is 8.14. The minimum Gasteiger partial charge on any atom is -0.491 e. The van der Waals surface area contributed by atoms with Crippen LogP contribution in [0.5, 0.6) is 5.75 Å². The summed E-state index contributed by atoms with van der Waals surface area (Å²) in [5.74, 6) is 2.17. The summed E-state index contributed by atoms with van der Waals surface area (Å²) in [4.78, 5) is 30.9. The molecule has 0 spiro atoms. The Morgan fingerprint density at radius 2 is 1.79 bits per heavy atom. The number of carbonyl (C=O) groups excluding carboxylic acids is 2. The summed E-state index contributed by atoms with van der Waals surface area (Å²) >= 11 is 0. The van der Waals surface area contributed by atoms with E-state index in [4.69, 9.17) is 20.6 Å². The SMILES string of the molecule is C.CC(=O)CCC(=O)C(C)(C)C.CCCCc1nc2c(N)nc3cc(OCCO)ccc3c2n1CCO.Cl. The number of nitrogens with zero attached hydrogens (tertiary/aromatic N) is 3. The monoisotopic (exact) mass is 552 g/mol. The second kappa shape index (κ2) is 16.3. The molecule has 0 amide bonds. The lowest BCUT2D eigenvalue weighted by Gasteiger charge is -2.15.